The second kappa shape index (κ2) is 6.18. The molecule has 1 aromatic rings. The number of hydrogen-bond acceptors (Lipinski definition) is 3. The molecular weight excluding hydrogens is 212 g/mol. The van der Waals surface area contributed by atoms with Gasteiger partial charge in [-0.05, 0) is 39.8 Å². The number of rotatable bonds is 5. The van der Waals surface area contributed by atoms with E-state index in [9.17, 15) is 0 Å². The van der Waals surface area contributed by atoms with E-state index in [0.717, 1.165) is 18.0 Å². The molecular formula is C14H22N2O. The van der Waals surface area contributed by atoms with Crippen molar-refractivity contribution in [3.05, 3.63) is 29.8 Å². The van der Waals surface area contributed by atoms with Gasteiger partial charge in [0.2, 0.25) is 0 Å². The highest BCUT2D eigenvalue weighted by molar-refractivity contribution is 5.73. The second-order valence-corrected chi connectivity index (χ2v) is 4.55. The summed E-state index contributed by atoms with van der Waals surface area (Å²) >= 11 is 0. The van der Waals surface area contributed by atoms with E-state index in [4.69, 9.17) is 10.5 Å². The molecule has 17 heavy (non-hydrogen) atoms. The summed E-state index contributed by atoms with van der Waals surface area (Å²) in [6, 6.07) is 5.79. The van der Waals surface area contributed by atoms with Crippen LogP contribution in [0, 0.1) is 0 Å². The molecule has 0 radical (unpaired) electrons. The summed E-state index contributed by atoms with van der Waals surface area (Å²) in [6.07, 6.45) is 2.25. The van der Waals surface area contributed by atoms with E-state index in [1.54, 1.807) is 0 Å². The Hall–Kier alpha value is -1.64. The van der Waals surface area contributed by atoms with Crippen LogP contribution in [0.25, 0.3) is 0 Å². The van der Waals surface area contributed by atoms with Gasteiger partial charge in [-0.1, -0.05) is 17.7 Å². The molecule has 0 unspecified atom stereocenters. The summed E-state index contributed by atoms with van der Waals surface area (Å²) in [4.78, 5) is 0. The van der Waals surface area contributed by atoms with Gasteiger partial charge in [-0.3, -0.25) is 0 Å². The highest BCUT2D eigenvalue weighted by Gasteiger charge is 2.06. The van der Waals surface area contributed by atoms with Crippen molar-refractivity contribution in [3.63, 3.8) is 0 Å². The molecule has 3 N–H and O–H groups in total. The number of nitrogens with two attached hydrogens (primary N) is 1. The Kier molecular flexibility index (Phi) is 4.88. The quantitative estimate of drug-likeness (QED) is 0.606. The molecule has 3 heteroatoms. The van der Waals surface area contributed by atoms with E-state index in [2.05, 4.69) is 25.2 Å². The summed E-state index contributed by atoms with van der Waals surface area (Å²) in [5.41, 5.74) is 8.91. The van der Waals surface area contributed by atoms with Crippen LogP contribution in [-0.4, -0.2) is 12.6 Å². The van der Waals surface area contributed by atoms with Crippen LogP contribution in [0.4, 0.5) is 11.4 Å². The maximum absolute atomic E-state index is 6.04. The lowest BCUT2D eigenvalue weighted by Gasteiger charge is -2.15. The zero-order chi connectivity index (χ0) is 12.8. The summed E-state index contributed by atoms with van der Waals surface area (Å²) in [6.45, 7) is 8.90. The SMILES string of the molecule is CC(C)=CCNc1cccc(OC(C)C)c1N. The van der Waals surface area contributed by atoms with Crippen molar-refractivity contribution in [1.82, 2.24) is 0 Å². The van der Waals surface area contributed by atoms with Crippen LogP contribution in [0.2, 0.25) is 0 Å². The van der Waals surface area contributed by atoms with Crippen LogP contribution in [0.5, 0.6) is 5.75 Å². The van der Waals surface area contributed by atoms with Gasteiger partial charge in [0.1, 0.15) is 5.75 Å². The molecule has 0 aliphatic carbocycles. The van der Waals surface area contributed by atoms with Crippen LogP contribution in [0.15, 0.2) is 29.8 Å². The third-order valence-corrected chi connectivity index (χ3v) is 2.23. The third kappa shape index (κ3) is 4.39. The predicted octanol–water partition coefficient (Wildman–Crippen LogP) is 3.43. The van der Waals surface area contributed by atoms with E-state index in [1.807, 2.05) is 32.0 Å². The Morgan fingerprint density at radius 3 is 2.71 bits per heavy atom. The number of nitrogen functional groups attached to an aromatic ring is 1. The van der Waals surface area contributed by atoms with Crippen molar-refractivity contribution >= 4 is 11.4 Å². The lowest BCUT2D eigenvalue weighted by Crippen LogP contribution is -2.09. The summed E-state index contributed by atoms with van der Waals surface area (Å²) in [5.74, 6) is 0.738. The Morgan fingerprint density at radius 2 is 2.12 bits per heavy atom. The van der Waals surface area contributed by atoms with E-state index in [0.29, 0.717) is 5.69 Å². The smallest absolute Gasteiger partial charge is 0.144 e. The van der Waals surface area contributed by atoms with Gasteiger partial charge in [-0.25, -0.2) is 0 Å². The third-order valence-electron chi connectivity index (χ3n) is 2.23. The van der Waals surface area contributed by atoms with Crippen molar-refractivity contribution < 1.29 is 4.74 Å². The molecule has 0 atom stereocenters. The molecule has 0 fully saturated rings. The summed E-state index contributed by atoms with van der Waals surface area (Å²) in [7, 11) is 0. The molecule has 1 rings (SSSR count). The minimum atomic E-state index is 0.130. The van der Waals surface area contributed by atoms with Crippen LogP contribution in [0.3, 0.4) is 0 Å². The monoisotopic (exact) mass is 234 g/mol. The zero-order valence-electron chi connectivity index (χ0n) is 11.1. The number of benzene rings is 1. The van der Waals surface area contributed by atoms with Crippen LogP contribution < -0.4 is 15.8 Å². The van der Waals surface area contributed by atoms with Gasteiger partial charge in [-0.15, -0.1) is 0 Å². The maximum Gasteiger partial charge on any atom is 0.144 e. The molecule has 0 amide bonds. The molecule has 0 bridgehead atoms. The first-order chi connectivity index (χ1) is 8.00. The van der Waals surface area contributed by atoms with Crippen molar-refractivity contribution in [2.24, 2.45) is 0 Å². The predicted molar refractivity (Wildman–Crippen MR) is 74.5 cm³/mol. The van der Waals surface area contributed by atoms with E-state index < -0.39 is 0 Å². The lowest BCUT2D eigenvalue weighted by atomic mass is 10.2. The average Bonchev–Trinajstić information content (AvgIpc) is 2.22. The lowest BCUT2D eigenvalue weighted by molar-refractivity contribution is 0.244. The molecule has 0 saturated heterocycles. The molecule has 0 heterocycles. The number of nitrogens with one attached hydrogen (secondary N) is 1. The molecule has 1 aromatic carbocycles. The maximum atomic E-state index is 6.04. The van der Waals surface area contributed by atoms with Gasteiger partial charge in [0.25, 0.3) is 0 Å². The average molecular weight is 234 g/mol. The fraction of sp³-hybridized carbons (Fsp3) is 0.429. The topological polar surface area (TPSA) is 47.3 Å². The molecule has 0 spiro atoms. The van der Waals surface area contributed by atoms with Gasteiger partial charge in [0.15, 0.2) is 0 Å². The first-order valence-corrected chi connectivity index (χ1v) is 5.93. The highest BCUT2D eigenvalue weighted by atomic mass is 16.5. The van der Waals surface area contributed by atoms with Gasteiger partial charge >= 0.3 is 0 Å². The normalized spacial score (nSPS) is 10.2. The standard InChI is InChI=1S/C14H22N2O/c1-10(2)8-9-16-12-6-5-7-13(14(12)15)17-11(3)4/h5-8,11,16H,9,15H2,1-4H3. The summed E-state index contributed by atoms with van der Waals surface area (Å²) in [5, 5.41) is 3.28. The number of ether oxygens (including phenoxy) is 1. The van der Waals surface area contributed by atoms with Gasteiger partial charge in [0.05, 0.1) is 17.5 Å². The fourth-order valence-electron chi connectivity index (χ4n) is 1.42. The van der Waals surface area contributed by atoms with Gasteiger partial charge < -0.3 is 15.8 Å². The van der Waals surface area contributed by atoms with Gasteiger partial charge in [-0.2, -0.15) is 0 Å². The molecule has 0 aliphatic rings. The first-order valence-electron chi connectivity index (χ1n) is 5.93. The van der Waals surface area contributed by atoms with Gasteiger partial charge in [0, 0.05) is 6.54 Å². The Morgan fingerprint density at radius 1 is 1.41 bits per heavy atom. The Bertz CT molecular complexity index is 393. The largest absolute Gasteiger partial charge is 0.489 e. The molecule has 3 nitrogen and oxygen atoms in total. The van der Waals surface area contributed by atoms with Crippen molar-refractivity contribution in [1.29, 1.82) is 0 Å². The first kappa shape index (κ1) is 13.4. The van der Waals surface area contributed by atoms with E-state index in [1.165, 1.54) is 5.57 Å². The van der Waals surface area contributed by atoms with E-state index in [-0.39, 0.29) is 6.10 Å². The number of para-hydroxylation sites is 1. The number of anilines is 2. The second-order valence-electron chi connectivity index (χ2n) is 4.55. The van der Waals surface area contributed by atoms with Crippen molar-refractivity contribution in [3.8, 4) is 5.75 Å². The van der Waals surface area contributed by atoms with Crippen molar-refractivity contribution in [2.45, 2.75) is 33.8 Å². The molecule has 0 saturated carbocycles. The molecule has 0 aliphatic heterocycles. The number of hydrogen-bond donors (Lipinski definition) is 2. The highest BCUT2D eigenvalue weighted by Crippen LogP contribution is 2.29. The van der Waals surface area contributed by atoms with Crippen LogP contribution in [-0.2, 0) is 0 Å². The van der Waals surface area contributed by atoms with Crippen LogP contribution >= 0.6 is 0 Å². The minimum absolute atomic E-state index is 0.130. The Balaban J connectivity index is 2.76. The van der Waals surface area contributed by atoms with Crippen LogP contribution in [0.1, 0.15) is 27.7 Å². The summed E-state index contributed by atoms with van der Waals surface area (Å²) < 4.78 is 5.63. The zero-order valence-corrected chi connectivity index (χ0v) is 11.1. The minimum Gasteiger partial charge on any atom is -0.489 e. The molecule has 0 aromatic heterocycles. The fourth-order valence-corrected chi connectivity index (χ4v) is 1.42. The Labute approximate surface area is 104 Å². The van der Waals surface area contributed by atoms with E-state index >= 15 is 0 Å². The number of allylic oxidation sites excluding steroid dienone is 1. The molecule has 94 valence electrons. The van der Waals surface area contributed by atoms with Crippen molar-refractivity contribution in [2.75, 3.05) is 17.6 Å².